The smallest absolute Gasteiger partial charge is 0.257 e. The van der Waals surface area contributed by atoms with Crippen LogP contribution >= 0.6 is 12.2 Å². The number of hydrogen-bond donors (Lipinski definition) is 3. The van der Waals surface area contributed by atoms with Crippen LogP contribution in [-0.4, -0.2) is 23.0 Å². The van der Waals surface area contributed by atoms with E-state index in [-0.39, 0.29) is 29.6 Å². The third-order valence-electron chi connectivity index (χ3n) is 4.62. The minimum atomic E-state index is -0.357. The highest BCUT2D eigenvalue weighted by molar-refractivity contribution is 7.80. The first-order valence-electron chi connectivity index (χ1n) is 10.2. The van der Waals surface area contributed by atoms with Crippen LogP contribution in [0.4, 0.5) is 5.69 Å². The van der Waals surface area contributed by atoms with Crippen molar-refractivity contribution < 1.29 is 18.7 Å². The Kier molecular flexibility index (Phi) is 7.99. The number of benzene rings is 2. The van der Waals surface area contributed by atoms with E-state index in [0.717, 1.165) is 6.42 Å². The molecule has 1 aromatic heterocycles. The molecule has 166 valence electrons. The Labute approximate surface area is 192 Å². The summed E-state index contributed by atoms with van der Waals surface area (Å²) in [6.45, 7) is 4.29. The SMILES string of the molecule is CCC(C)Oc1cccc(C(=O)NC(=S)Nc2cccc(C(=O)NCc3ccco3)c2)c1. The number of carbonyl (C=O) groups is 2. The first-order chi connectivity index (χ1) is 15.4. The molecule has 0 fully saturated rings. The molecule has 0 saturated carbocycles. The molecular weight excluding hydrogens is 426 g/mol. The van der Waals surface area contributed by atoms with Gasteiger partial charge in [0.25, 0.3) is 11.8 Å². The second-order valence-electron chi connectivity index (χ2n) is 7.12. The Balaban J connectivity index is 1.56. The molecule has 0 radical (unpaired) electrons. The van der Waals surface area contributed by atoms with E-state index in [1.165, 1.54) is 0 Å². The highest BCUT2D eigenvalue weighted by Gasteiger charge is 2.12. The van der Waals surface area contributed by atoms with Crippen molar-refractivity contribution in [1.29, 1.82) is 0 Å². The van der Waals surface area contributed by atoms with Crippen molar-refractivity contribution in [3.05, 3.63) is 83.8 Å². The summed E-state index contributed by atoms with van der Waals surface area (Å²) in [6.07, 6.45) is 2.47. The Hall–Kier alpha value is -3.65. The summed E-state index contributed by atoms with van der Waals surface area (Å²) >= 11 is 5.26. The second-order valence-corrected chi connectivity index (χ2v) is 7.52. The van der Waals surface area contributed by atoms with Crippen LogP contribution in [0.5, 0.6) is 5.75 Å². The standard InChI is InChI=1S/C24H25N3O4S/c1-3-16(2)31-20-10-5-8-18(14-20)23(29)27-24(32)26-19-9-4-7-17(13-19)22(28)25-15-21-11-6-12-30-21/h4-14,16H,3,15H2,1-2H3,(H,25,28)(H2,26,27,29,32). The quantitative estimate of drug-likeness (QED) is 0.436. The normalized spacial score (nSPS) is 11.3. The van der Waals surface area contributed by atoms with Crippen molar-refractivity contribution in [1.82, 2.24) is 10.6 Å². The van der Waals surface area contributed by atoms with E-state index in [2.05, 4.69) is 16.0 Å². The van der Waals surface area contributed by atoms with Gasteiger partial charge in [-0.05, 0) is 74.1 Å². The molecule has 0 aliphatic carbocycles. The molecule has 3 rings (SSSR count). The third kappa shape index (κ3) is 6.68. The lowest BCUT2D eigenvalue weighted by molar-refractivity contribution is 0.0946. The highest BCUT2D eigenvalue weighted by atomic mass is 32.1. The average Bonchev–Trinajstić information content (AvgIpc) is 3.31. The molecule has 3 N–H and O–H groups in total. The summed E-state index contributed by atoms with van der Waals surface area (Å²) in [5, 5.41) is 8.48. The number of ether oxygens (including phenoxy) is 1. The van der Waals surface area contributed by atoms with E-state index < -0.39 is 0 Å². The average molecular weight is 452 g/mol. The zero-order valence-electron chi connectivity index (χ0n) is 17.9. The number of rotatable bonds is 8. The van der Waals surface area contributed by atoms with Crippen LogP contribution < -0.4 is 20.7 Å². The lowest BCUT2D eigenvalue weighted by Crippen LogP contribution is -2.34. The molecule has 0 spiro atoms. The van der Waals surface area contributed by atoms with Crippen molar-refractivity contribution in [3.63, 3.8) is 0 Å². The number of amides is 2. The van der Waals surface area contributed by atoms with Crippen LogP contribution in [0.25, 0.3) is 0 Å². The van der Waals surface area contributed by atoms with E-state index >= 15 is 0 Å². The van der Waals surface area contributed by atoms with Gasteiger partial charge in [0.2, 0.25) is 0 Å². The first-order valence-corrected chi connectivity index (χ1v) is 10.6. The fraction of sp³-hybridized carbons (Fsp3) is 0.208. The zero-order valence-corrected chi connectivity index (χ0v) is 18.7. The summed E-state index contributed by atoms with van der Waals surface area (Å²) in [6, 6.07) is 17.3. The fourth-order valence-corrected chi connectivity index (χ4v) is 3.00. The molecule has 1 unspecified atom stereocenters. The van der Waals surface area contributed by atoms with E-state index in [1.54, 1.807) is 60.9 Å². The Morgan fingerprint density at radius 1 is 1.03 bits per heavy atom. The molecular formula is C24H25N3O4S. The predicted octanol–water partition coefficient (Wildman–Crippen LogP) is 4.51. The van der Waals surface area contributed by atoms with Gasteiger partial charge in [-0.15, -0.1) is 0 Å². The van der Waals surface area contributed by atoms with Gasteiger partial charge >= 0.3 is 0 Å². The maximum Gasteiger partial charge on any atom is 0.257 e. The molecule has 1 heterocycles. The number of nitrogens with one attached hydrogen (secondary N) is 3. The van der Waals surface area contributed by atoms with Crippen LogP contribution in [0, 0.1) is 0 Å². The maximum absolute atomic E-state index is 12.6. The Bertz CT molecular complexity index is 1080. The van der Waals surface area contributed by atoms with Gasteiger partial charge in [-0.3, -0.25) is 14.9 Å². The highest BCUT2D eigenvalue weighted by Crippen LogP contribution is 2.16. The van der Waals surface area contributed by atoms with E-state index in [1.807, 2.05) is 19.9 Å². The van der Waals surface area contributed by atoms with Crippen molar-refractivity contribution in [2.75, 3.05) is 5.32 Å². The van der Waals surface area contributed by atoms with Gasteiger partial charge in [0.1, 0.15) is 11.5 Å². The van der Waals surface area contributed by atoms with Crippen LogP contribution in [0.3, 0.4) is 0 Å². The molecule has 0 bridgehead atoms. The number of thiocarbonyl (C=S) groups is 1. The minimum absolute atomic E-state index is 0.0552. The Morgan fingerprint density at radius 3 is 2.50 bits per heavy atom. The van der Waals surface area contributed by atoms with Crippen LogP contribution in [0.15, 0.2) is 71.3 Å². The van der Waals surface area contributed by atoms with Crippen molar-refractivity contribution in [2.45, 2.75) is 32.9 Å². The van der Waals surface area contributed by atoms with Gasteiger partial charge in [0.15, 0.2) is 5.11 Å². The largest absolute Gasteiger partial charge is 0.491 e. The summed E-state index contributed by atoms with van der Waals surface area (Å²) < 4.78 is 11.0. The molecule has 0 saturated heterocycles. The van der Waals surface area contributed by atoms with Gasteiger partial charge in [0.05, 0.1) is 18.9 Å². The van der Waals surface area contributed by atoms with Gasteiger partial charge < -0.3 is 19.8 Å². The fourth-order valence-electron chi connectivity index (χ4n) is 2.78. The number of hydrogen-bond acceptors (Lipinski definition) is 5. The van der Waals surface area contributed by atoms with Crippen molar-refractivity contribution >= 4 is 34.8 Å². The predicted molar refractivity (Wildman–Crippen MR) is 127 cm³/mol. The van der Waals surface area contributed by atoms with Gasteiger partial charge in [-0.25, -0.2) is 0 Å². The van der Waals surface area contributed by atoms with E-state index in [9.17, 15) is 9.59 Å². The number of anilines is 1. The minimum Gasteiger partial charge on any atom is -0.491 e. The second kappa shape index (κ2) is 11.1. The topological polar surface area (TPSA) is 92.6 Å². The van der Waals surface area contributed by atoms with Gasteiger partial charge in [-0.2, -0.15) is 0 Å². The summed E-state index contributed by atoms with van der Waals surface area (Å²) in [5.41, 5.74) is 1.46. The molecule has 7 nitrogen and oxygen atoms in total. The molecule has 2 aromatic carbocycles. The molecule has 0 aliphatic heterocycles. The monoisotopic (exact) mass is 451 g/mol. The molecule has 3 aromatic rings. The molecule has 1 atom stereocenters. The van der Waals surface area contributed by atoms with E-state index in [0.29, 0.717) is 28.3 Å². The van der Waals surface area contributed by atoms with Crippen LogP contribution in [-0.2, 0) is 6.54 Å². The first kappa shape index (κ1) is 23.0. The third-order valence-corrected chi connectivity index (χ3v) is 4.83. The summed E-state index contributed by atoms with van der Waals surface area (Å²) in [4.78, 5) is 24.9. The molecule has 0 aliphatic rings. The van der Waals surface area contributed by atoms with Crippen LogP contribution in [0.1, 0.15) is 46.7 Å². The molecule has 2 amide bonds. The summed E-state index contributed by atoms with van der Waals surface area (Å²) in [5.74, 6) is 0.678. The zero-order chi connectivity index (χ0) is 22.9. The lowest BCUT2D eigenvalue weighted by Gasteiger charge is -2.14. The van der Waals surface area contributed by atoms with Gasteiger partial charge in [0, 0.05) is 16.8 Å². The van der Waals surface area contributed by atoms with Crippen LogP contribution in [0.2, 0.25) is 0 Å². The van der Waals surface area contributed by atoms with Gasteiger partial charge in [-0.1, -0.05) is 19.1 Å². The van der Waals surface area contributed by atoms with E-state index in [4.69, 9.17) is 21.4 Å². The summed E-state index contributed by atoms with van der Waals surface area (Å²) in [7, 11) is 0. The van der Waals surface area contributed by atoms with Crippen molar-refractivity contribution in [2.24, 2.45) is 0 Å². The number of furan rings is 1. The van der Waals surface area contributed by atoms with Crippen molar-refractivity contribution in [3.8, 4) is 5.75 Å². The number of carbonyl (C=O) groups excluding carboxylic acids is 2. The Morgan fingerprint density at radius 2 is 1.78 bits per heavy atom. The molecule has 8 heteroatoms. The molecule has 32 heavy (non-hydrogen) atoms. The lowest BCUT2D eigenvalue weighted by atomic mass is 10.2. The maximum atomic E-state index is 12.6.